The van der Waals surface area contributed by atoms with Crippen LogP contribution in [0.3, 0.4) is 0 Å². The maximum atomic E-state index is 13.0. The zero-order chi connectivity index (χ0) is 19.4. The Labute approximate surface area is 169 Å². The van der Waals surface area contributed by atoms with Gasteiger partial charge in [0.2, 0.25) is 5.91 Å². The van der Waals surface area contributed by atoms with E-state index in [2.05, 4.69) is 49.5 Å². The van der Waals surface area contributed by atoms with Gasteiger partial charge in [0.15, 0.2) is 0 Å². The Hall–Kier alpha value is -1.35. The quantitative estimate of drug-likeness (QED) is 0.772. The lowest BCUT2D eigenvalue weighted by Crippen LogP contribution is -2.59. The summed E-state index contributed by atoms with van der Waals surface area (Å²) in [7, 11) is 0. The largest absolute Gasteiger partial charge is 0.373 e. The van der Waals surface area contributed by atoms with Crippen molar-refractivity contribution >= 4 is 5.91 Å². The van der Waals surface area contributed by atoms with E-state index in [0.29, 0.717) is 23.7 Å². The normalized spacial score (nSPS) is 39.1. The summed E-state index contributed by atoms with van der Waals surface area (Å²) in [6.07, 6.45) is 9.59. The minimum absolute atomic E-state index is 0.181. The second kappa shape index (κ2) is 6.86. The van der Waals surface area contributed by atoms with Crippen molar-refractivity contribution in [1.82, 2.24) is 5.32 Å². The Morgan fingerprint density at radius 2 is 1.93 bits per heavy atom. The molecular weight excluding hydrogens is 346 g/mol. The number of amides is 1. The molecule has 5 rings (SSSR count). The van der Waals surface area contributed by atoms with E-state index in [1.54, 1.807) is 0 Å². The third-order valence-corrected chi connectivity index (χ3v) is 8.89. The maximum Gasteiger partial charge on any atom is 0.220 e. The van der Waals surface area contributed by atoms with E-state index in [0.717, 1.165) is 19.4 Å². The van der Waals surface area contributed by atoms with Gasteiger partial charge in [-0.15, -0.1) is 0 Å². The number of carbonyl (C=O) groups excluding carboxylic acids is 1. The van der Waals surface area contributed by atoms with Crippen molar-refractivity contribution in [3.05, 3.63) is 35.9 Å². The Morgan fingerprint density at radius 3 is 2.68 bits per heavy atom. The first-order valence-corrected chi connectivity index (χ1v) is 11.5. The first-order valence-electron chi connectivity index (χ1n) is 11.5. The molecular formula is C25H35NO2. The topological polar surface area (TPSA) is 38.3 Å². The molecule has 1 aliphatic heterocycles. The molecule has 3 saturated carbocycles. The van der Waals surface area contributed by atoms with E-state index < -0.39 is 0 Å². The van der Waals surface area contributed by atoms with Gasteiger partial charge in [0.25, 0.3) is 0 Å². The number of nitrogens with one attached hydrogen (secondary N) is 1. The second-order valence-electron chi connectivity index (χ2n) is 10.6. The summed E-state index contributed by atoms with van der Waals surface area (Å²) >= 11 is 0. The molecule has 3 aliphatic carbocycles. The first-order chi connectivity index (χ1) is 13.5. The van der Waals surface area contributed by atoms with Crippen molar-refractivity contribution in [3.63, 3.8) is 0 Å². The zero-order valence-corrected chi connectivity index (χ0v) is 17.5. The van der Waals surface area contributed by atoms with Crippen LogP contribution in [0.2, 0.25) is 0 Å². The Kier molecular flexibility index (Phi) is 4.58. The van der Waals surface area contributed by atoms with Crippen LogP contribution >= 0.6 is 0 Å². The van der Waals surface area contributed by atoms with Crippen molar-refractivity contribution in [2.45, 2.75) is 77.4 Å². The molecule has 4 aliphatic rings. The number of hydrogen-bond acceptors (Lipinski definition) is 2. The molecule has 152 valence electrons. The van der Waals surface area contributed by atoms with Gasteiger partial charge in [-0.05, 0) is 66.3 Å². The molecule has 0 aromatic heterocycles. The number of benzene rings is 1. The maximum absolute atomic E-state index is 13.0. The average Bonchev–Trinajstić information content (AvgIpc) is 3.37. The van der Waals surface area contributed by atoms with E-state index >= 15 is 0 Å². The van der Waals surface area contributed by atoms with E-state index in [1.807, 2.05) is 0 Å². The summed E-state index contributed by atoms with van der Waals surface area (Å²) in [6, 6.07) is 11.0. The highest BCUT2D eigenvalue weighted by atomic mass is 16.5. The lowest BCUT2D eigenvalue weighted by molar-refractivity contribution is -0.137. The monoisotopic (exact) mass is 381 g/mol. The first kappa shape index (κ1) is 18.7. The van der Waals surface area contributed by atoms with Crippen molar-refractivity contribution in [3.8, 4) is 0 Å². The molecule has 3 heteroatoms. The molecule has 1 amide bonds. The number of fused-ring (bicyclic) bond motifs is 1. The van der Waals surface area contributed by atoms with Gasteiger partial charge < -0.3 is 10.1 Å². The molecule has 1 unspecified atom stereocenters. The summed E-state index contributed by atoms with van der Waals surface area (Å²) in [6.45, 7) is 5.61. The van der Waals surface area contributed by atoms with Crippen LogP contribution in [0.25, 0.3) is 0 Å². The van der Waals surface area contributed by atoms with Gasteiger partial charge in [0, 0.05) is 19.1 Å². The van der Waals surface area contributed by atoms with Gasteiger partial charge in [-0.3, -0.25) is 4.79 Å². The summed E-state index contributed by atoms with van der Waals surface area (Å²) in [5.74, 6) is 2.12. The Bertz CT molecular complexity index is 723. The fourth-order valence-corrected chi connectivity index (χ4v) is 7.46. The van der Waals surface area contributed by atoms with Crippen LogP contribution in [0.5, 0.6) is 0 Å². The van der Waals surface area contributed by atoms with Gasteiger partial charge >= 0.3 is 0 Å². The van der Waals surface area contributed by atoms with Gasteiger partial charge in [-0.1, -0.05) is 57.0 Å². The molecule has 1 heterocycles. The highest BCUT2D eigenvalue weighted by molar-refractivity contribution is 5.77. The van der Waals surface area contributed by atoms with E-state index in [1.165, 1.54) is 44.1 Å². The minimum Gasteiger partial charge on any atom is -0.373 e. The fourth-order valence-electron chi connectivity index (χ4n) is 7.46. The summed E-state index contributed by atoms with van der Waals surface area (Å²) < 4.78 is 6.34. The van der Waals surface area contributed by atoms with Crippen molar-refractivity contribution in [2.24, 2.45) is 28.6 Å². The molecule has 4 fully saturated rings. The van der Waals surface area contributed by atoms with E-state index in [9.17, 15) is 4.79 Å². The SMILES string of the molecule is CC1(C)[C@@H]2C[C@@H]3[C@@H](c4ccccc4)OCCC3(C2)[C@H]1NC(=O)CC1CCCC1. The van der Waals surface area contributed by atoms with Gasteiger partial charge in [0.05, 0.1) is 6.10 Å². The molecule has 2 bridgehead atoms. The van der Waals surface area contributed by atoms with Crippen molar-refractivity contribution in [1.29, 1.82) is 0 Å². The number of ether oxygens (including phenoxy) is 1. The highest BCUT2D eigenvalue weighted by Crippen LogP contribution is 2.70. The average molecular weight is 382 g/mol. The number of hydrogen-bond donors (Lipinski definition) is 1. The Balaban J connectivity index is 1.40. The fraction of sp³-hybridized carbons (Fsp3) is 0.720. The number of rotatable bonds is 4. The van der Waals surface area contributed by atoms with Crippen LogP contribution < -0.4 is 5.32 Å². The third-order valence-electron chi connectivity index (χ3n) is 8.89. The smallest absolute Gasteiger partial charge is 0.220 e. The van der Waals surface area contributed by atoms with Crippen LogP contribution in [-0.4, -0.2) is 18.6 Å². The predicted octanol–water partition coefficient (Wildman–Crippen LogP) is 5.27. The molecule has 0 radical (unpaired) electrons. The van der Waals surface area contributed by atoms with Crippen LogP contribution in [0.15, 0.2) is 30.3 Å². The van der Waals surface area contributed by atoms with Crippen molar-refractivity contribution < 1.29 is 9.53 Å². The highest BCUT2D eigenvalue weighted by Gasteiger charge is 2.68. The predicted molar refractivity (Wildman–Crippen MR) is 111 cm³/mol. The van der Waals surface area contributed by atoms with Gasteiger partial charge in [0.1, 0.15) is 0 Å². The Morgan fingerprint density at radius 1 is 1.18 bits per heavy atom. The van der Waals surface area contributed by atoms with Crippen LogP contribution in [0.1, 0.15) is 76.9 Å². The molecule has 1 aromatic carbocycles. The molecule has 3 nitrogen and oxygen atoms in total. The third kappa shape index (κ3) is 2.84. The van der Waals surface area contributed by atoms with Crippen molar-refractivity contribution in [2.75, 3.05) is 6.61 Å². The number of carbonyl (C=O) groups is 1. The minimum atomic E-state index is 0.181. The summed E-state index contributed by atoms with van der Waals surface area (Å²) in [5, 5.41) is 3.59. The molecule has 1 N–H and O–H groups in total. The molecule has 1 aromatic rings. The molecule has 1 spiro atoms. The van der Waals surface area contributed by atoms with Crippen LogP contribution in [0, 0.1) is 28.6 Å². The van der Waals surface area contributed by atoms with Gasteiger partial charge in [-0.25, -0.2) is 0 Å². The van der Waals surface area contributed by atoms with Gasteiger partial charge in [-0.2, -0.15) is 0 Å². The standard InChI is InChI=1S/C25H35NO2/c1-24(2)19-15-20-22(18-10-4-3-5-11-18)28-13-12-25(20,16-19)23(24)26-21(27)14-17-8-6-7-9-17/h3-5,10-11,17,19-20,22-23H,6-9,12-16H2,1-2H3,(H,26,27)/t19-,20-,22-,23+,25?/m1/s1. The lowest BCUT2D eigenvalue weighted by Gasteiger charge is -2.53. The van der Waals surface area contributed by atoms with E-state index in [-0.39, 0.29) is 23.0 Å². The zero-order valence-electron chi connectivity index (χ0n) is 17.5. The molecule has 1 saturated heterocycles. The lowest BCUT2D eigenvalue weighted by atomic mass is 9.59. The van der Waals surface area contributed by atoms with E-state index in [4.69, 9.17) is 4.74 Å². The van der Waals surface area contributed by atoms with Crippen LogP contribution in [-0.2, 0) is 9.53 Å². The van der Waals surface area contributed by atoms with Crippen LogP contribution in [0.4, 0.5) is 0 Å². The molecule has 28 heavy (non-hydrogen) atoms. The summed E-state index contributed by atoms with van der Waals surface area (Å²) in [4.78, 5) is 13.0. The molecule has 5 atom stereocenters. The second-order valence-corrected chi connectivity index (χ2v) is 10.6. The summed E-state index contributed by atoms with van der Waals surface area (Å²) in [5.41, 5.74) is 1.70.